The number of benzene rings is 2. The number of carbonyl (C=O) groups excluding carboxylic acids is 2. The normalized spacial score (nSPS) is 15.7. The summed E-state index contributed by atoms with van der Waals surface area (Å²) in [6, 6.07) is 14.4. The van der Waals surface area contributed by atoms with Gasteiger partial charge in [-0.15, -0.1) is 0 Å². The second-order valence-corrected chi connectivity index (χ2v) is 7.73. The van der Waals surface area contributed by atoms with Crippen molar-refractivity contribution in [2.24, 2.45) is 5.73 Å². The molecule has 34 heavy (non-hydrogen) atoms. The van der Waals surface area contributed by atoms with Crippen LogP contribution in [0.1, 0.15) is 28.0 Å². The number of ether oxygens (including phenoxy) is 1. The molecule has 1 aliphatic rings. The lowest BCUT2D eigenvalue weighted by molar-refractivity contribution is -0.137. The number of alkyl halides is 3. The Morgan fingerprint density at radius 2 is 1.91 bits per heavy atom. The van der Waals surface area contributed by atoms with E-state index in [9.17, 15) is 22.8 Å². The highest BCUT2D eigenvalue weighted by molar-refractivity contribution is 5.91. The van der Waals surface area contributed by atoms with Gasteiger partial charge in [0.05, 0.1) is 17.3 Å². The minimum Gasteiger partial charge on any atom is -0.457 e. The van der Waals surface area contributed by atoms with E-state index in [4.69, 9.17) is 10.5 Å². The molecule has 0 unspecified atom stereocenters. The lowest BCUT2D eigenvalue weighted by atomic mass is 10.1. The SMILES string of the molecule is NC(=O)c1cccc(-c2ccc(Oc3ccc(C(F)(F)F)cc3CN[C@H]3CCNC3=O)cc2)n1. The number of amides is 2. The van der Waals surface area contributed by atoms with Crippen molar-refractivity contribution < 1.29 is 27.5 Å². The number of nitrogens with one attached hydrogen (secondary N) is 2. The molecule has 3 aromatic rings. The fraction of sp³-hybridized carbons (Fsp3) is 0.208. The van der Waals surface area contributed by atoms with Gasteiger partial charge in [-0.1, -0.05) is 6.07 Å². The van der Waals surface area contributed by atoms with Gasteiger partial charge in [0.25, 0.3) is 5.91 Å². The highest BCUT2D eigenvalue weighted by Crippen LogP contribution is 2.34. The molecule has 176 valence electrons. The van der Waals surface area contributed by atoms with E-state index >= 15 is 0 Å². The first-order valence-electron chi connectivity index (χ1n) is 10.5. The number of rotatable bonds is 7. The van der Waals surface area contributed by atoms with Crippen LogP contribution >= 0.6 is 0 Å². The number of carbonyl (C=O) groups is 2. The van der Waals surface area contributed by atoms with Gasteiger partial charge in [-0.05, 0) is 61.0 Å². The number of primary amides is 1. The maximum Gasteiger partial charge on any atom is 0.416 e. The minimum atomic E-state index is -4.51. The van der Waals surface area contributed by atoms with E-state index in [1.165, 1.54) is 12.1 Å². The lowest BCUT2D eigenvalue weighted by Crippen LogP contribution is -2.35. The lowest BCUT2D eigenvalue weighted by Gasteiger charge is -2.16. The van der Waals surface area contributed by atoms with E-state index in [-0.39, 0.29) is 29.5 Å². The molecule has 0 saturated carbocycles. The number of hydrogen-bond acceptors (Lipinski definition) is 5. The summed E-state index contributed by atoms with van der Waals surface area (Å²) in [7, 11) is 0. The molecule has 1 atom stereocenters. The van der Waals surface area contributed by atoms with E-state index in [2.05, 4.69) is 15.6 Å². The third-order valence-electron chi connectivity index (χ3n) is 5.35. The number of nitrogens with two attached hydrogens (primary N) is 1. The van der Waals surface area contributed by atoms with Crippen LogP contribution in [-0.2, 0) is 17.5 Å². The van der Waals surface area contributed by atoms with Crippen molar-refractivity contribution >= 4 is 11.8 Å². The van der Waals surface area contributed by atoms with Crippen LogP contribution in [0.3, 0.4) is 0 Å². The minimum absolute atomic E-state index is 0.0270. The van der Waals surface area contributed by atoms with Gasteiger partial charge in [0.2, 0.25) is 5.91 Å². The van der Waals surface area contributed by atoms with Crippen molar-refractivity contribution in [2.75, 3.05) is 6.54 Å². The molecule has 2 heterocycles. The number of aromatic nitrogens is 1. The van der Waals surface area contributed by atoms with Crippen molar-refractivity contribution in [3.63, 3.8) is 0 Å². The first-order valence-corrected chi connectivity index (χ1v) is 10.5. The highest BCUT2D eigenvalue weighted by Gasteiger charge is 2.31. The molecule has 2 amide bonds. The second kappa shape index (κ2) is 9.52. The average molecular weight is 470 g/mol. The van der Waals surface area contributed by atoms with Gasteiger partial charge in [-0.25, -0.2) is 4.98 Å². The molecule has 0 bridgehead atoms. The van der Waals surface area contributed by atoms with Crippen LogP contribution < -0.4 is 21.1 Å². The molecule has 2 aromatic carbocycles. The summed E-state index contributed by atoms with van der Waals surface area (Å²) in [5, 5.41) is 5.67. The Morgan fingerprint density at radius 3 is 2.56 bits per heavy atom. The molecule has 0 aliphatic carbocycles. The zero-order chi connectivity index (χ0) is 24.3. The Kier molecular flexibility index (Phi) is 6.51. The van der Waals surface area contributed by atoms with Crippen LogP contribution in [0.2, 0.25) is 0 Å². The summed E-state index contributed by atoms with van der Waals surface area (Å²) in [6.07, 6.45) is -3.95. The Bertz CT molecular complexity index is 1210. The van der Waals surface area contributed by atoms with Gasteiger partial charge in [-0.2, -0.15) is 13.2 Å². The zero-order valence-electron chi connectivity index (χ0n) is 17.9. The Morgan fingerprint density at radius 1 is 1.15 bits per heavy atom. The summed E-state index contributed by atoms with van der Waals surface area (Å²) >= 11 is 0. The van der Waals surface area contributed by atoms with Gasteiger partial charge >= 0.3 is 6.18 Å². The van der Waals surface area contributed by atoms with Crippen LogP contribution in [0.25, 0.3) is 11.3 Å². The fourth-order valence-electron chi connectivity index (χ4n) is 3.57. The van der Waals surface area contributed by atoms with E-state index in [0.717, 1.165) is 12.1 Å². The van der Waals surface area contributed by atoms with E-state index in [1.54, 1.807) is 36.4 Å². The fourth-order valence-corrected chi connectivity index (χ4v) is 3.57. The van der Waals surface area contributed by atoms with Gasteiger partial charge in [0.15, 0.2) is 0 Å². The summed E-state index contributed by atoms with van der Waals surface area (Å²) in [5.74, 6) is -0.186. The van der Waals surface area contributed by atoms with Crippen LogP contribution in [0.5, 0.6) is 11.5 Å². The second-order valence-electron chi connectivity index (χ2n) is 7.73. The molecule has 4 N–H and O–H groups in total. The highest BCUT2D eigenvalue weighted by atomic mass is 19.4. The van der Waals surface area contributed by atoms with Gasteiger partial charge < -0.3 is 21.1 Å². The molecule has 10 heteroatoms. The van der Waals surface area contributed by atoms with Gasteiger partial charge in [-0.3, -0.25) is 9.59 Å². The summed E-state index contributed by atoms with van der Waals surface area (Å²) in [5.41, 5.74) is 6.12. The molecular formula is C24H21F3N4O3. The average Bonchev–Trinajstić information content (AvgIpc) is 3.23. The third kappa shape index (κ3) is 5.34. The molecule has 1 aliphatic heterocycles. The molecular weight excluding hydrogens is 449 g/mol. The van der Waals surface area contributed by atoms with Crippen LogP contribution in [0, 0.1) is 0 Å². The monoisotopic (exact) mass is 470 g/mol. The largest absolute Gasteiger partial charge is 0.457 e. The summed E-state index contributed by atoms with van der Waals surface area (Å²) in [6.45, 7) is 0.547. The summed E-state index contributed by atoms with van der Waals surface area (Å²) in [4.78, 5) is 27.4. The van der Waals surface area contributed by atoms with Crippen molar-refractivity contribution in [1.29, 1.82) is 0 Å². The summed E-state index contributed by atoms with van der Waals surface area (Å²) < 4.78 is 45.6. The predicted octanol–water partition coefficient (Wildman–Crippen LogP) is 3.64. The quantitative estimate of drug-likeness (QED) is 0.489. The maximum atomic E-state index is 13.3. The maximum absolute atomic E-state index is 13.3. The first kappa shape index (κ1) is 23.2. The smallest absolute Gasteiger partial charge is 0.416 e. The number of nitrogens with zero attached hydrogens (tertiary/aromatic N) is 1. The Hall–Kier alpha value is -3.92. The van der Waals surface area contributed by atoms with E-state index in [1.807, 2.05) is 0 Å². The van der Waals surface area contributed by atoms with E-state index < -0.39 is 23.7 Å². The van der Waals surface area contributed by atoms with Crippen LogP contribution in [0.15, 0.2) is 60.7 Å². The molecule has 1 aromatic heterocycles. The predicted molar refractivity (Wildman–Crippen MR) is 118 cm³/mol. The molecule has 1 saturated heterocycles. The van der Waals surface area contributed by atoms with Crippen LogP contribution in [-0.4, -0.2) is 29.4 Å². The molecule has 0 spiro atoms. The molecule has 0 radical (unpaired) electrons. The van der Waals surface area contributed by atoms with Gasteiger partial charge in [0, 0.05) is 24.2 Å². The van der Waals surface area contributed by atoms with E-state index in [0.29, 0.717) is 30.0 Å². The molecule has 7 nitrogen and oxygen atoms in total. The Labute approximate surface area is 193 Å². The molecule has 1 fully saturated rings. The topological polar surface area (TPSA) is 106 Å². The van der Waals surface area contributed by atoms with Crippen molar-refractivity contribution in [2.45, 2.75) is 25.2 Å². The van der Waals surface area contributed by atoms with Gasteiger partial charge in [0.1, 0.15) is 17.2 Å². The van der Waals surface area contributed by atoms with Crippen molar-refractivity contribution in [3.05, 3.63) is 77.5 Å². The van der Waals surface area contributed by atoms with Crippen molar-refractivity contribution in [3.8, 4) is 22.8 Å². The standard InChI is InChI=1S/C24H21F3N4O3/c25-24(26,27)16-6-9-21(15(12-16)13-30-20-10-11-29-23(20)33)34-17-7-4-14(5-8-17)18-2-1-3-19(31-18)22(28)32/h1-9,12,20,30H,10-11,13H2,(H2,28,32)(H,29,33)/t20-/m0/s1. The zero-order valence-corrected chi connectivity index (χ0v) is 17.9. The number of pyridine rings is 1. The van der Waals surface area contributed by atoms with Crippen LogP contribution in [0.4, 0.5) is 13.2 Å². The Balaban J connectivity index is 1.55. The molecule has 4 rings (SSSR count). The number of hydrogen-bond donors (Lipinski definition) is 3. The first-order chi connectivity index (χ1) is 16.2. The third-order valence-corrected chi connectivity index (χ3v) is 5.35. The number of halogens is 3. The van der Waals surface area contributed by atoms with Crippen molar-refractivity contribution in [1.82, 2.24) is 15.6 Å².